The van der Waals surface area contributed by atoms with Gasteiger partial charge in [0.1, 0.15) is 5.15 Å². The van der Waals surface area contributed by atoms with E-state index in [2.05, 4.69) is 9.97 Å². The molecule has 0 amide bonds. The minimum atomic E-state index is 0.243. The smallest absolute Gasteiger partial charge is 0.165 e. The highest BCUT2D eigenvalue weighted by Gasteiger charge is 2.22. The lowest BCUT2D eigenvalue weighted by Gasteiger charge is -2.09. The SMILES string of the molecule is O=C1CCCc2[nH]c3c(ccc4cnc(Cl)cc43)c21. The molecule has 0 saturated heterocycles. The Morgan fingerprint density at radius 2 is 2.11 bits per heavy atom. The zero-order valence-electron chi connectivity index (χ0n) is 10.2. The van der Waals surface area contributed by atoms with E-state index < -0.39 is 0 Å². The molecule has 0 saturated carbocycles. The van der Waals surface area contributed by atoms with Crippen LogP contribution < -0.4 is 0 Å². The Hall–Kier alpha value is -1.87. The van der Waals surface area contributed by atoms with Crippen LogP contribution in [0, 0.1) is 0 Å². The molecule has 19 heavy (non-hydrogen) atoms. The first-order chi connectivity index (χ1) is 9.24. The van der Waals surface area contributed by atoms with Gasteiger partial charge in [-0.1, -0.05) is 23.7 Å². The molecule has 1 aromatic carbocycles. The van der Waals surface area contributed by atoms with E-state index in [-0.39, 0.29) is 5.78 Å². The number of hydrogen-bond acceptors (Lipinski definition) is 2. The lowest BCUT2D eigenvalue weighted by Crippen LogP contribution is -2.08. The van der Waals surface area contributed by atoms with E-state index in [0.29, 0.717) is 11.6 Å². The predicted octanol–water partition coefficient (Wildman–Crippen LogP) is 3.89. The number of pyridine rings is 1. The summed E-state index contributed by atoms with van der Waals surface area (Å²) < 4.78 is 0. The Morgan fingerprint density at radius 1 is 1.21 bits per heavy atom. The van der Waals surface area contributed by atoms with Gasteiger partial charge >= 0.3 is 0 Å². The number of rotatable bonds is 0. The molecule has 0 fully saturated rings. The van der Waals surface area contributed by atoms with Gasteiger partial charge in [-0.2, -0.15) is 0 Å². The number of carbonyl (C=O) groups excluding carboxylic acids is 1. The van der Waals surface area contributed by atoms with Gasteiger partial charge < -0.3 is 4.98 Å². The van der Waals surface area contributed by atoms with Gasteiger partial charge in [0.25, 0.3) is 0 Å². The molecule has 94 valence electrons. The number of aromatic nitrogens is 2. The van der Waals surface area contributed by atoms with Crippen molar-refractivity contribution in [2.24, 2.45) is 0 Å². The Bertz CT molecular complexity index is 835. The molecule has 0 aliphatic heterocycles. The van der Waals surface area contributed by atoms with E-state index >= 15 is 0 Å². The normalized spacial score (nSPS) is 15.1. The summed E-state index contributed by atoms with van der Waals surface area (Å²) in [6, 6.07) is 5.86. The van der Waals surface area contributed by atoms with Gasteiger partial charge in [-0.3, -0.25) is 4.79 Å². The van der Waals surface area contributed by atoms with Gasteiger partial charge in [0.2, 0.25) is 0 Å². The predicted molar refractivity (Wildman–Crippen MR) is 75.9 cm³/mol. The van der Waals surface area contributed by atoms with Crippen LogP contribution in [0.1, 0.15) is 28.9 Å². The number of Topliss-reactive ketones (excluding diaryl/α,β-unsaturated/α-hetero) is 1. The second-order valence-electron chi connectivity index (χ2n) is 4.97. The van der Waals surface area contributed by atoms with Crippen LogP contribution in [0.2, 0.25) is 5.15 Å². The molecule has 0 spiro atoms. The van der Waals surface area contributed by atoms with E-state index in [9.17, 15) is 4.79 Å². The summed E-state index contributed by atoms with van der Waals surface area (Å²) in [5, 5.41) is 3.54. The maximum atomic E-state index is 12.1. The number of aryl methyl sites for hydroxylation is 1. The van der Waals surface area contributed by atoms with E-state index in [0.717, 1.165) is 45.8 Å². The number of carbonyl (C=O) groups is 1. The molecule has 1 aliphatic rings. The zero-order valence-corrected chi connectivity index (χ0v) is 10.9. The fraction of sp³-hybridized carbons (Fsp3) is 0.200. The van der Waals surface area contributed by atoms with Gasteiger partial charge in [-0.05, 0) is 18.9 Å². The van der Waals surface area contributed by atoms with Crippen molar-refractivity contribution in [3.8, 4) is 0 Å². The summed E-state index contributed by atoms with van der Waals surface area (Å²) in [5.74, 6) is 0.243. The third kappa shape index (κ3) is 1.51. The van der Waals surface area contributed by atoms with Crippen molar-refractivity contribution in [1.82, 2.24) is 9.97 Å². The Balaban J connectivity index is 2.17. The molecule has 0 radical (unpaired) electrons. The van der Waals surface area contributed by atoms with Crippen LogP contribution in [-0.4, -0.2) is 15.8 Å². The van der Waals surface area contributed by atoms with Crippen molar-refractivity contribution < 1.29 is 4.79 Å². The molecule has 3 nitrogen and oxygen atoms in total. The fourth-order valence-corrected chi connectivity index (χ4v) is 3.12. The first kappa shape index (κ1) is 11.0. The highest BCUT2D eigenvalue weighted by atomic mass is 35.5. The zero-order chi connectivity index (χ0) is 13.0. The Kier molecular flexibility index (Phi) is 2.21. The number of nitrogens with zero attached hydrogens (tertiary/aromatic N) is 1. The monoisotopic (exact) mass is 270 g/mol. The summed E-state index contributed by atoms with van der Waals surface area (Å²) in [6.45, 7) is 0. The number of aromatic amines is 1. The van der Waals surface area contributed by atoms with Crippen LogP contribution in [0.15, 0.2) is 24.4 Å². The second kappa shape index (κ2) is 3.81. The summed E-state index contributed by atoms with van der Waals surface area (Å²) in [4.78, 5) is 19.6. The molecule has 4 rings (SSSR count). The molecule has 3 aromatic rings. The molecule has 2 heterocycles. The highest BCUT2D eigenvalue weighted by molar-refractivity contribution is 6.30. The minimum Gasteiger partial charge on any atom is -0.357 e. The molecule has 2 aromatic heterocycles. The molecule has 0 atom stereocenters. The number of fused-ring (bicyclic) bond motifs is 5. The molecule has 0 bridgehead atoms. The summed E-state index contributed by atoms with van der Waals surface area (Å²) in [5.41, 5.74) is 2.94. The Morgan fingerprint density at radius 3 is 3.00 bits per heavy atom. The topological polar surface area (TPSA) is 45.8 Å². The standard InChI is InChI=1S/C15H11ClN2O/c16-13-6-10-8(7-17-13)4-5-9-14-11(18-15(9)10)2-1-3-12(14)19/h4-7,18H,1-3H2. The Labute approximate surface area is 114 Å². The number of nitrogens with one attached hydrogen (secondary N) is 1. The van der Waals surface area contributed by atoms with Gasteiger partial charge in [-0.25, -0.2) is 4.98 Å². The van der Waals surface area contributed by atoms with Crippen molar-refractivity contribution in [2.75, 3.05) is 0 Å². The molecular weight excluding hydrogens is 260 g/mol. The van der Waals surface area contributed by atoms with Gasteiger partial charge in [-0.15, -0.1) is 0 Å². The lowest BCUT2D eigenvalue weighted by molar-refractivity contribution is 0.0974. The number of hydrogen-bond donors (Lipinski definition) is 1. The summed E-state index contributed by atoms with van der Waals surface area (Å²) >= 11 is 5.98. The van der Waals surface area contributed by atoms with Crippen LogP contribution in [0.5, 0.6) is 0 Å². The maximum absolute atomic E-state index is 12.1. The van der Waals surface area contributed by atoms with Crippen LogP contribution in [0.25, 0.3) is 21.7 Å². The van der Waals surface area contributed by atoms with Crippen molar-refractivity contribution in [3.05, 3.63) is 40.8 Å². The van der Waals surface area contributed by atoms with Crippen molar-refractivity contribution in [2.45, 2.75) is 19.3 Å². The van der Waals surface area contributed by atoms with Crippen LogP contribution in [0.4, 0.5) is 0 Å². The van der Waals surface area contributed by atoms with Gasteiger partial charge in [0.15, 0.2) is 5.78 Å². The number of benzene rings is 1. The largest absolute Gasteiger partial charge is 0.357 e. The average Bonchev–Trinajstić information content (AvgIpc) is 2.79. The number of ketones is 1. The molecule has 1 N–H and O–H groups in total. The van der Waals surface area contributed by atoms with Crippen LogP contribution in [0.3, 0.4) is 0 Å². The second-order valence-corrected chi connectivity index (χ2v) is 5.36. The van der Waals surface area contributed by atoms with Crippen molar-refractivity contribution in [3.63, 3.8) is 0 Å². The third-order valence-corrected chi connectivity index (χ3v) is 4.03. The summed E-state index contributed by atoms with van der Waals surface area (Å²) in [6.07, 6.45) is 4.28. The van der Waals surface area contributed by atoms with E-state index in [1.807, 2.05) is 18.2 Å². The molecule has 1 aliphatic carbocycles. The summed E-state index contributed by atoms with van der Waals surface area (Å²) in [7, 11) is 0. The number of H-pyrrole nitrogens is 1. The maximum Gasteiger partial charge on any atom is 0.165 e. The fourth-order valence-electron chi connectivity index (χ4n) is 2.97. The molecular formula is C15H11ClN2O. The van der Waals surface area contributed by atoms with Gasteiger partial charge in [0, 0.05) is 40.0 Å². The minimum absolute atomic E-state index is 0.243. The van der Waals surface area contributed by atoms with Crippen molar-refractivity contribution >= 4 is 39.1 Å². The first-order valence-electron chi connectivity index (χ1n) is 6.36. The van der Waals surface area contributed by atoms with E-state index in [1.54, 1.807) is 6.20 Å². The average molecular weight is 271 g/mol. The quantitative estimate of drug-likeness (QED) is 0.630. The van der Waals surface area contributed by atoms with E-state index in [4.69, 9.17) is 11.6 Å². The highest BCUT2D eigenvalue weighted by Crippen LogP contribution is 2.33. The third-order valence-electron chi connectivity index (χ3n) is 3.83. The first-order valence-corrected chi connectivity index (χ1v) is 6.74. The van der Waals surface area contributed by atoms with Gasteiger partial charge in [0.05, 0.1) is 5.52 Å². The number of halogens is 1. The van der Waals surface area contributed by atoms with Crippen molar-refractivity contribution in [1.29, 1.82) is 0 Å². The van der Waals surface area contributed by atoms with E-state index in [1.165, 1.54) is 0 Å². The molecule has 4 heteroatoms. The lowest BCUT2D eigenvalue weighted by atomic mass is 9.94. The van der Waals surface area contributed by atoms with Crippen LogP contribution in [-0.2, 0) is 6.42 Å². The molecule has 0 unspecified atom stereocenters. The van der Waals surface area contributed by atoms with Crippen LogP contribution >= 0.6 is 11.6 Å².